The average molecular weight is 280 g/mol. The first-order valence-electron chi connectivity index (χ1n) is 6.84. The van der Waals surface area contributed by atoms with E-state index in [1.54, 1.807) is 12.3 Å². The van der Waals surface area contributed by atoms with Crippen LogP contribution in [0.5, 0.6) is 0 Å². The van der Waals surface area contributed by atoms with Gasteiger partial charge in [-0.3, -0.25) is 4.98 Å². The predicted octanol–water partition coefficient (Wildman–Crippen LogP) is 1.33. The van der Waals surface area contributed by atoms with E-state index >= 15 is 0 Å². The summed E-state index contributed by atoms with van der Waals surface area (Å²) in [4.78, 5) is 4.03. The highest BCUT2D eigenvalue weighted by Crippen LogP contribution is 2.01. The summed E-state index contributed by atoms with van der Waals surface area (Å²) in [5.41, 5.74) is 7.00. The van der Waals surface area contributed by atoms with E-state index in [2.05, 4.69) is 29.3 Å². The molecule has 0 spiro atoms. The molecule has 6 heteroatoms. The highest BCUT2D eigenvalue weighted by Gasteiger charge is 2.02. The van der Waals surface area contributed by atoms with Gasteiger partial charge in [0.2, 0.25) is 0 Å². The lowest BCUT2D eigenvalue weighted by molar-refractivity contribution is 0.125. The maximum atomic E-state index is 8.61. The molecule has 0 fully saturated rings. The molecule has 0 aliphatic carbocycles. The zero-order valence-corrected chi connectivity index (χ0v) is 12.2. The molecule has 20 heavy (non-hydrogen) atoms. The number of nitrogens with two attached hydrogens (primary N) is 1. The fourth-order valence-electron chi connectivity index (χ4n) is 1.57. The number of amidine groups is 1. The van der Waals surface area contributed by atoms with E-state index in [4.69, 9.17) is 15.7 Å². The number of pyridine rings is 1. The van der Waals surface area contributed by atoms with Gasteiger partial charge in [-0.15, -0.1) is 0 Å². The molecule has 4 N–H and O–H groups in total. The second-order valence-electron chi connectivity index (χ2n) is 5.01. The van der Waals surface area contributed by atoms with E-state index < -0.39 is 0 Å². The third-order valence-corrected chi connectivity index (χ3v) is 2.79. The van der Waals surface area contributed by atoms with Crippen LogP contribution in [0.2, 0.25) is 0 Å². The third-order valence-electron chi connectivity index (χ3n) is 2.79. The lowest BCUT2D eigenvalue weighted by Crippen LogP contribution is -2.20. The van der Waals surface area contributed by atoms with Gasteiger partial charge >= 0.3 is 0 Å². The number of rotatable bonds is 9. The van der Waals surface area contributed by atoms with Crippen molar-refractivity contribution in [3.8, 4) is 0 Å². The Morgan fingerprint density at radius 2 is 2.30 bits per heavy atom. The Hall–Kier alpha value is -1.66. The van der Waals surface area contributed by atoms with Crippen molar-refractivity contribution in [2.24, 2.45) is 16.8 Å². The largest absolute Gasteiger partial charge is 0.409 e. The number of aromatic nitrogens is 1. The SMILES string of the molecule is CC(C)CCOCCNCc1ccnc(C(N)=NO)c1. The number of nitrogens with one attached hydrogen (secondary N) is 1. The molecule has 0 aliphatic heterocycles. The van der Waals surface area contributed by atoms with Crippen LogP contribution in [-0.4, -0.2) is 35.8 Å². The van der Waals surface area contributed by atoms with Gasteiger partial charge in [0.15, 0.2) is 5.84 Å². The topological polar surface area (TPSA) is 92.8 Å². The van der Waals surface area contributed by atoms with Crippen molar-refractivity contribution < 1.29 is 9.94 Å². The normalized spacial score (nSPS) is 12.1. The van der Waals surface area contributed by atoms with E-state index in [1.165, 1.54) is 0 Å². The molecule has 0 aliphatic rings. The quantitative estimate of drug-likeness (QED) is 0.209. The summed E-state index contributed by atoms with van der Waals surface area (Å²) in [5, 5.41) is 14.8. The third kappa shape index (κ3) is 6.49. The van der Waals surface area contributed by atoms with Crippen LogP contribution in [-0.2, 0) is 11.3 Å². The van der Waals surface area contributed by atoms with Gasteiger partial charge in [-0.05, 0) is 30.0 Å². The molecule has 0 aromatic carbocycles. The van der Waals surface area contributed by atoms with Crippen molar-refractivity contribution >= 4 is 5.84 Å². The molecule has 0 amide bonds. The number of hydrogen-bond acceptors (Lipinski definition) is 5. The van der Waals surface area contributed by atoms with Gasteiger partial charge in [-0.2, -0.15) is 0 Å². The average Bonchev–Trinajstić information content (AvgIpc) is 2.45. The summed E-state index contributed by atoms with van der Waals surface area (Å²) in [5.74, 6) is 0.695. The maximum Gasteiger partial charge on any atom is 0.188 e. The van der Waals surface area contributed by atoms with Crippen LogP contribution >= 0.6 is 0 Å². The van der Waals surface area contributed by atoms with E-state index in [0.717, 1.165) is 25.1 Å². The Kier molecular flexibility index (Phi) is 7.60. The summed E-state index contributed by atoms with van der Waals surface area (Å²) in [6.45, 7) is 7.36. The van der Waals surface area contributed by atoms with Crippen LogP contribution < -0.4 is 11.1 Å². The minimum Gasteiger partial charge on any atom is -0.409 e. The summed E-state index contributed by atoms with van der Waals surface area (Å²) >= 11 is 0. The summed E-state index contributed by atoms with van der Waals surface area (Å²) in [6.07, 6.45) is 2.73. The second kappa shape index (κ2) is 9.28. The standard InChI is InChI=1S/C14H24N4O2/c1-11(2)4-7-20-8-6-16-10-12-3-5-17-13(9-12)14(15)18-19/h3,5,9,11,16,19H,4,6-8,10H2,1-2H3,(H2,15,18). The lowest BCUT2D eigenvalue weighted by Gasteiger charge is -2.08. The van der Waals surface area contributed by atoms with E-state index in [1.807, 2.05) is 6.07 Å². The molecule has 0 atom stereocenters. The Bertz CT molecular complexity index is 421. The van der Waals surface area contributed by atoms with Crippen LogP contribution in [0.15, 0.2) is 23.5 Å². The van der Waals surface area contributed by atoms with E-state index in [-0.39, 0.29) is 5.84 Å². The van der Waals surface area contributed by atoms with E-state index in [9.17, 15) is 0 Å². The predicted molar refractivity (Wildman–Crippen MR) is 78.7 cm³/mol. The van der Waals surface area contributed by atoms with Crippen molar-refractivity contribution in [1.82, 2.24) is 10.3 Å². The van der Waals surface area contributed by atoms with Gasteiger partial charge in [0.25, 0.3) is 0 Å². The van der Waals surface area contributed by atoms with Crippen molar-refractivity contribution in [3.63, 3.8) is 0 Å². The fraction of sp³-hybridized carbons (Fsp3) is 0.571. The number of oxime groups is 1. The van der Waals surface area contributed by atoms with Crippen LogP contribution in [0.4, 0.5) is 0 Å². The Balaban J connectivity index is 2.22. The molecular weight excluding hydrogens is 256 g/mol. The zero-order chi connectivity index (χ0) is 14.8. The van der Waals surface area contributed by atoms with Crippen LogP contribution in [0.1, 0.15) is 31.5 Å². The van der Waals surface area contributed by atoms with Gasteiger partial charge in [0.05, 0.1) is 6.61 Å². The highest BCUT2D eigenvalue weighted by molar-refractivity contribution is 5.95. The molecule has 1 heterocycles. The number of hydrogen-bond donors (Lipinski definition) is 3. The molecule has 0 unspecified atom stereocenters. The molecule has 112 valence electrons. The van der Waals surface area contributed by atoms with Gasteiger partial charge in [-0.25, -0.2) is 0 Å². The van der Waals surface area contributed by atoms with Crippen LogP contribution in [0.25, 0.3) is 0 Å². The smallest absolute Gasteiger partial charge is 0.188 e. The lowest BCUT2D eigenvalue weighted by atomic mass is 10.1. The summed E-state index contributed by atoms with van der Waals surface area (Å²) < 4.78 is 5.51. The van der Waals surface area contributed by atoms with Crippen molar-refractivity contribution in [1.29, 1.82) is 0 Å². The molecule has 1 aromatic heterocycles. The van der Waals surface area contributed by atoms with Gasteiger partial charge in [0, 0.05) is 25.9 Å². The van der Waals surface area contributed by atoms with Crippen molar-refractivity contribution in [3.05, 3.63) is 29.6 Å². The van der Waals surface area contributed by atoms with Crippen LogP contribution in [0.3, 0.4) is 0 Å². The molecular formula is C14H24N4O2. The first kappa shape index (κ1) is 16.4. The second-order valence-corrected chi connectivity index (χ2v) is 5.01. The molecule has 0 saturated carbocycles. The first-order chi connectivity index (χ1) is 9.63. The molecule has 0 radical (unpaired) electrons. The minimum atomic E-state index is 0.0175. The Morgan fingerprint density at radius 1 is 1.50 bits per heavy atom. The number of ether oxygens (including phenoxy) is 1. The van der Waals surface area contributed by atoms with Crippen LogP contribution in [0, 0.1) is 5.92 Å². The van der Waals surface area contributed by atoms with Crippen molar-refractivity contribution in [2.75, 3.05) is 19.8 Å². The molecule has 1 aromatic rings. The van der Waals surface area contributed by atoms with Gasteiger partial charge in [0.1, 0.15) is 5.69 Å². The molecule has 1 rings (SSSR count). The number of nitrogens with zero attached hydrogens (tertiary/aromatic N) is 2. The molecule has 6 nitrogen and oxygen atoms in total. The summed E-state index contributed by atoms with van der Waals surface area (Å²) in [6, 6.07) is 3.68. The van der Waals surface area contributed by atoms with Gasteiger partial charge < -0.3 is 21.0 Å². The summed E-state index contributed by atoms with van der Waals surface area (Å²) in [7, 11) is 0. The Labute approximate surface area is 120 Å². The molecule has 0 bridgehead atoms. The minimum absolute atomic E-state index is 0.0175. The fourth-order valence-corrected chi connectivity index (χ4v) is 1.57. The maximum absolute atomic E-state index is 8.61. The van der Waals surface area contributed by atoms with E-state index in [0.29, 0.717) is 24.8 Å². The zero-order valence-electron chi connectivity index (χ0n) is 12.2. The first-order valence-corrected chi connectivity index (χ1v) is 6.84. The highest BCUT2D eigenvalue weighted by atomic mass is 16.5. The Morgan fingerprint density at radius 3 is 3.00 bits per heavy atom. The van der Waals surface area contributed by atoms with Crippen molar-refractivity contribution in [2.45, 2.75) is 26.8 Å². The molecule has 0 saturated heterocycles. The monoisotopic (exact) mass is 280 g/mol. The van der Waals surface area contributed by atoms with Gasteiger partial charge in [-0.1, -0.05) is 19.0 Å².